The molecule has 0 bridgehead atoms. The number of methoxy groups -OCH3 is 1. The zero-order chi connectivity index (χ0) is 13.5. The van der Waals surface area contributed by atoms with Gasteiger partial charge in [0.1, 0.15) is 16.6 Å². The monoisotopic (exact) mass is 289 g/mol. The first-order valence-electron chi connectivity index (χ1n) is 4.59. The summed E-state index contributed by atoms with van der Waals surface area (Å²) < 4.78 is 27.8. The van der Waals surface area contributed by atoms with E-state index in [2.05, 4.69) is 9.97 Å². The fourth-order valence-electron chi connectivity index (χ4n) is 1.31. The lowest BCUT2D eigenvalue weighted by molar-refractivity contribution is 0.255. The van der Waals surface area contributed by atoms with Crippen molar-refractivity contribution in [1.29, 1.82) is 0 Å². The highest BCUT2D eigenvalue weighted by atomic mass is 32.2. The summed E-state index contributed by atoms with van der Waals surface area (Å²) in [5.74, 6) is 1.40. The molecule has 0 aliphatic carbocycles. The summed E-state index contributed by atoms with van der Waals surface area (Å²) in [5, 5.41) is -0.0496. The van der Waals surface area contributed by atoms with Crippen LogP contribution in [0.15, 0.2) is 10.2 Å². The van der Waals surface area contributed by atoms with Gasteiger partial charge < -0.3 is 10.5 Å². The highest BCUT2D eigenvalue weighted by molar-refractivity contribution is 8.01. The van der Waals surface area contributed by atoms with E-state index in [1.807, 2.05) is 0 Å². The van der Waals surface area contributed by atoms with Crippen LogP contribution in [0, 0.1) is 5.88 Å². The average Bonchev–Trinajstić information content (AvgIpc) is 2.70. The molecule has 0 saturated carbocycles. The molecule has 0 atom stereocenters. The van der Waals surface area contributed by atoms with Crippen LogP contribution in [-0.4, -0.2) is 37.8 Å². The number of hydrogen-bond donors (Lipinski definition) is 1. The third-order valence-electron chi connectivity index (χ3n) is 2.07. The molecule has 0 aromatic carbocycles. The van der Waals surface area contributed by atoms with Crippen LogP contribution in [0.1, 0.15) is 0 Å². The number of carbonyl (C=O) groups is 1. The van der Waals surface area contributed by atoms with Crippen molar-refractivity contribution in [3.05, 3.63) is 5.88 Å². The van der Waals surface area contributed by atoms with Crippen molar-refractivity contribution in [2.24, 2.45) is 5.73 Å². The lowest BCUT2D eigenvalue weighted by Gasteiger charge is -2.14. The molecule has 1 radical (unpaired) electrons. The number of carbonyl (C=O) groups excluding carboxylic acids is 1. The molecule has 1 aromatic rings. The Kier molecular flexibility index (Phi) is 3.07. The van der Waals surface area contributed by atoms with E-state index in [1.165, 1.54) is 13.0 Å². The third kappa shape index (κ3) is 2.08. The summed E-state index contributed by atoms with van der Waals surface area (Å²) in [5.41, 5.74) is 5.43. The van der Waals surface area contributed by atoms with E-state index in [0.717, 1.165) is 22.9 Å². The van der Waals surface area contributed by atoms with Crippen LogP contribution >= 0.6 is 11.8 Å². The van der Waals surface area contributed by atoms with E-state index in [1.54, 1.807) is 0 Å². The van der Waals surface area contributed by atoms with Gasteiger partial charge in [-0.15, -0.1) is 0 Å². The molecular weight excluding hydrogens is 280 g/mol. The van der Waals surface area contributed by atoms with Crippen molar-refractivity contribution in [3.63, 3.8) is 0 Å². The first kappa shape index (κ1) is 12.9. The molecule has 8 nitrogen and oxygen atoms in total. The molecule has 1 aliphatic rings. The Labute approximate surface area is 107 Å². The number of fused-ring (bicyclic) bond motifs is 1. The Morgan fingerprint density at radius 3 is 2.67 bits per heavy atom. The fourth-order valence-corrected chi connectivity index (χ4v) is 2.72. The number of thioether (sulfide) groups is 1. The molecule has 1 aliphatic heterocycles. The maximum absolute atomic E-state index is 11.4. The summed E-state index contributed by atoms with van der Waals surface area (Å²) in [6, 6.07) is -0.727. The minimum absolute atomic E-state index is 0.0134. The van der Waals surface area contributed by atoms with Gasteiger partial charge in [0.15, 0.2) is 0 Å². The number of nitrogens with two attached hydrogens (primary N) is 1. The molecule has 2 N–H and O–H groups in total. The molecule has 10 heteroatoms. The first-order chi connectivity index (χ1) is 8.34. The summed E-state index contributed by atoms with van der Waals surface area (Å²) >= 11 is 1.07. The quantitative estimate of drug-likeness (QED) is 0.601. The molecule has 2 amide bonds. The van der Waals surface area contributed by atoms with Gasteiger partial charge in [-0.2, -0.15) is 4.98 Å². The third-order valence-corrected chi connectivity index (χ3v) is 3.74. The normalized spacial score (nSPS) is 14.4. The van der Waals surface area contributed by atoms with E-state index in [0.29, 0.717) is 5.03 Å². The standard InChI is InChI=1S/C8H9N4O4S2/c1-16-5-4-6(17-3-12(4)7(9)13)11-8(10-5)18(2,14)15/h3H,1-2H3,(H2,9,13). The van der Waals surface area contributed by atoms with Crippen molar-refractivity contribution >= 4 is 33.3 Å². The summed E-state index contributed by atoms with van der Waals surface area (Å²) in [7, 11) is -2.24. The number of aromatic nitrogens is 2. The van der Waals surface area contributed by atoms with E-state index < -0.39 is 15.9 Å². The number of sulfone groups is 1. The Bertz CT molecular complexity index is 616. The van der Waals surface area contributed by atoms with Gasteiger partial charge in [-0.1, -0.05) is 11.8 Å². The second kappa shape index (κ2) is 4.28. The number of hydrogen-bond acceptors (Lipinski definition) is 7. The van der Waals surface area contributed by atoms with Gasteiger partial charge in [0.25, 0.3) is 5.16 Å². The van der Waals surface area contributed by atoms with Gasteiger partial charge in [-0.25, -0.2) is 18.2 Å². The van der Waals surface area contributed by atoms with Gasteiger partial charge >= 0.3 is 6.03 Å². The molecule has 0 spiro atoms. The zero-order valence-electron chi connectivity index (χ0n) is 9.45. The average molecular weight is 289 g/mol. The number of anilines is 1. The van der Waals surface area contributed by atoms with Crippen LogP contribution in [0.4, 0.5) is 10.5 Å². The molecule has 1 aromatic heterocycles. The van der Waals surface area contributed by atoms with Crippen molar-refractivity contribution < 1.29 is 17.9 Å². The molecular formula is C8H9N4O4S2. The van der Waals surface area contributed by atoms with E-state index >= 15 is 0 Å². The Balaban J connectivity index is 2.64. The zero-order valence-corrected chi connectivity index (χ0v) is 11.1. The Hall–Kier alpha value is -1.55. The Morgan fingerprint density at radius 2 is 2.17 bits per heavy atom. The number of rotatable bonds is 2. The lowest BCUT2D eigenvalue weighted by Crippen LogP contribution is -2.31. The van der Waals surface area contributed by atoms with E-state index in [4.69, 9.17) is 10.5 Å². The summed E-state index contributed by atoms with van der Waals surface area (Å²) in [6.07, 6.45) is 0.989. The SMILES string of the molecule is COc1nc(S(C)(=O)=O)nc2c1N(C(N)=O)[CH]S2. The predicted octanol–water partition coefficient (Wildman–Crippen LogP) is -0.00121. The van der Waals surface area contributed by atoms with Gasteiger partial charge in [0.2, 0.25) is 15.7 Å². The highest BCUT2D eigenvalue weighted by Gasteiger charge is 2.32. The number of ether oxygens (including phenoxy) is 1. The van der Waals surface area contributed by atoms with Gasteiger partial charge in [-0.05, 0) is 0 Å². The molecule has 0 fully saturated rings. The van der Waals surface area contributed by atoms with Crippen LogP contribution in [0.2, 0.25) is 0 Å². The number of nitrogens with zero attached hydrogens (tertiary/aromatic N) is 3. The first-order valence-corrected chi connectivity index (χ1v) is 7.36. The summed E-state index contributed by atoms with van der Waals surface area (Å²) in [4.78, 5) is 19.9. The van der Waals surface area contributed by atoms with Crippen LogP contribution in [0.25, 0.3) is 0 Å². The van der Waals surface area contributed by atoms with Crippen LogP contribution in [0.3, 0.4) is 0 Å². The van der Waals surface area contributed by atoms with E-state index in [9.17, 15) is 13.2 Å². The fraction of sp³-hybridized carbons (Fsp3) is 0.250. The number of amides is 2. The predicted molar refractivity (Wildman–Crippen MR) is 63.9 cm³/mol. The van der Waals surface area contributed by atoms with Crippen molar-refractivity contribution in [2.45, 2.75) is 10.2 Å². The molecule has 0 saturated heterocycles. The molecule has 2 rings (SSSR count). The second-order valence-corrected chi connectivity index (χ2v) is 6.12. The molecule has 0 unspecified atom stereocenters. The number of primary amides is 1. The topological polar surface area (TPSA) is 115 Å². The highest BCUT2D eigenvalue weighted by Crippen LogP contribution is 2.45. The minimum atomic E-state index is -3.56. The van der Waals surface area contributed by atoms with Gasteiger partial charge in [-0.3, -0.25) is 4.90 Å². The maximum atomic E-state index is 11.4. The summed E-state index contributed by atoms with van der Waals surface area (Å²) in [6.45, 7) is 0. The Morgan fingerprint density at radius 1 is 1.50 bits per heavy atom. The molecule has 18 heavy (non-hydrogen) atoms. The molecule has 97 valence electrons. The van der Waals surface area contributed by atoms with Crippen molar-refractivity contribution in [1.82, 2.24) is 9.97 Å². The van der Waals surface area contributed by atoms with Crippen molar-refractivity contribution in [2.75, 3.05) is 18.3 Å². The van der Waals surface area contributed by atoms with Gasteiger partial charge in [0.05, 0.1) is 7.11 Å². The van der Waals surface area contributed by atoms with Gasteiger partial charge in [0, 0.05) is 6.26 Å². The van der Waals surface area contributed by atoms with E-state index in [-0.39, 0.29) is 16.7 Å². The largest absolute Gasteiger partial charge is 0.479 e. The number of urea groups is 1. The maximum Gasteiger partial charge on any atom is 0.320 e. The van der Waals surface area contributed by atoms with Crippen LogP contribution in [-0.2, 0) is 9.84 Å². The van der Waals surface area contributed by atoms with Crippen LogP contribution in [0.5, 0.6) is 5.88 Å². The lowest BCUT2D eigenvalue weighted by atomic mass is 10.4. The smallest absolute Gasteiger partial charge is 0.320 e. The minimum Gasteiger partial charge on any atom is -0.479 e. The van der Waals surface area contributed by atoms with Crippen LogP contribution < -0.4 is 15.4 Å². The van der Waals surface area contributed by atoms with Crippen molar-refractivity contribution in [3.8, 4) is 5.88 Å². The second-order valence-electron chi connectivity index (χ2n) is 3.37. The molecule has 2 heterocycles.